The van der Waals surface area contributed by atoms with Gasteiger partial charge in [0.2, 0.25) is 10.0 Å². The molecule has 5 nitrogen and oxygen atoms in total. The quantitative estimate of drug-likeness (QED) is 0.862. The second kappa shape index (κ2) is 4.87. The molecule has 2 N–H and O–H groups in total. The van der Waals surface area contributed by atoms with Crippen LogP contribution in [0.1, 0.15) is 13.3 Å². The molecule has 1 aliphatic rings. The van der Waals surface area contributed by atoms with Gasteiger partial charge in [-0.05, 0) is 32.5 Å². The van der Waals surface area contributed by atoms with Gasteiger partial charge in [-0.3, -0.25) is 0 Å². The molecule has 0 aliphatic carbocycles. The van der Waals surface area contributed by atoms with Gasteiger partial charge in [-0.25, -0.2) is 13.1 Å². The van der Waals surface area contributed by atoms with Crippen LogP contribution in [0.5, 0.6) is 0 Å². The fourth-order valence-corrected chi connectivity index (χ4v) is 2.89. The lowest BCUT2D eigenvalue weighted by atomic mass is 10.0. The van der Waals surface area contributed by atoms with Crippen LogP contribution in [0.3, 0.4) is 0 Å². The average molecular weight is 270 g/mol. The average Bonchev–Trinajstić information content (AvgIpc) is 2.76. The molecule has 1 aromatic carbocycles. The number of sulfonamides is 1. The maximum absolute atomic E-state index is 11.9. The Morgan fingerprint density at radius 2 is 2.06 bits per heavy atom. The highest BCUT2D eigenvalue weighted by molar-refractivity contribution is 7.89. The van der Waals surface area contributed by atoms with Gasteiger partial charge in [0, 0.05) is 6.61 Å². The Hall–Kier alpha value is -1.11. The molecule has 1 aliphatic heterocycles. The first kappa shape index (κ1) is 13.3. The van der Waals surface area contributed by atoms with Crippen LogP contribution in [0.15, 0.2) is 29.2 Å². The zero-order valence-corrected chi connectivity index (χ0v) is 11.4. The fraction of sp³-hybridized carbons (Fsp3) is 0.500. The summed E-state index contributed by atoms with van der Waals surface area (Å²) in [6, 6.07) is 6.89. The van der Waals surface area contributed by atoms with Crippen molar-refractivity contribution in [2.24, 2.45) is 0 Å². The van der Waals surface area contributed by atoms with Crippen LogP contribution in [0.2, 0.25) is 0 Å². The van der Waals surface area contributed by atoms with E-state index in [0.29, 0.717) is 18.9 Å². The summed E-state index contributed by atoms with van der Waals surface area (Å²) >= 11 is 0. The maximum Gasteiger partial charge on any atom is 0.242 e. The number of rotatable bonds is 4. The van der Waals surface area contributed by atoms with Gasteiger partial charge in [0.05, 0.1) is 17.8 Å². The monoisotopic (exact) mass is 270 g/mol. The molecule has 0 radical (unpaired) electrons. The Kier molecular flexibility index (Phi) is 3.61. The van der Waals surface area contributed by atoms with Crippen molar-refractivity contribution in [3.63, 3.8) is 0 Å². The van der Waals surface area contributed by atoms with E-state index in [1.54, 1.807) is 18.2 Å². The van der Waals surface area contributed by atoms with Crippen LogP contribution in [0.25, 0.3) is 0 Å². The smallest absolute Gasteiger partial charge is 0.242 e. The zero-order chi connectivity index (χ0) is 13.2. The first-order valence-corrected chi connectivity index (χ1v) is 7.34. The van der Waals surface area contributed by atoms with Crippen LogP contribution in [0, 0.1) is 0 Å². The molecular weight excluding hydrogens is 252 g/mol. The van der Waals surface area contributed by atoms with Crippen molar-refractivity contribution >= 4 is 15.7 Å². The van der Waals surface area contributed by atoms with E-state index in [-0.39, 0.29) is 10.4 Å². The number of para-hydroxylation sites is 1. The largest absolute Gasteiger partial charge is 0.379 e. The van der Waals surface area contributed by atoms with E-state index in [9.17, 15) is 8.42 Å². The Morgan fingerprint density at radius 3 is 2.67 bits per heavy atom. The van der Waals surface area contributed by atoms with Crippen molar-refractivity contribution in [3.8, 4) is 0 Å². The summed E-state index contributed by atoms with van der Waals surface area (Å²) in [7, 11) is -2.04. The highest BCUT2D eigenvalue weighted by Gasteiger charge is 2.31. The molecule has 0 aromatic heterocycles. The van der Waals surface area contributed by atoms with E-state index in [2.05, 4.69) is 10.0 Å². The molecule has 0 saturated carbocycles. The Labute approximate surface area is 108 Å². The summed E-state index contributed by atoms with van der Waals surface area (Å²) < 4.78 is 31.5. The minimum Gasteiger partial charge on any atom is -0.379 e. The van der Waals surface area contributed by atoms with E-state index >= 15 is 0 Å². The molecule has 1 heterocycles. The summed E-state index contributed by atoms with van der Waals surface area (Å²) in [5, 5.41) is 3.28. The normalized spacial score (nSPS) is 24.1. The zero-order valence-electron chi connectivity index (χ0n) is 10.6. The molecular formula is C12H18N2O3S. The summed E-state index contributed by atoms with van der Waals surface area (Å²) in [5.74, 6) is 0. The number of benzene rings is 1. The van der Waals surface area contributed by atoms with Crippen molar-refractivity contribution in [1.29, 1.82) is 0 Å². The van der Waals surface area contributed by atoms with Gasteiger partial charge in [-0.1, -0.05) is 12.1 Å². The van der Waals surface area contributed by atoms with Crippen molar-refractivity contribution in [1.82, 2.24) is 4.72 Å². The molecule has 1 saturated heterocycles. The second-order valence-corrected chi connectivity index (χ2v) is 6.55. The Balaban J connectivity index is 2.34. The minimum atomic E-state index is -3.45. The van der Waals surface area contributed by atoms with Gasteiger partial charge in [0.15, 0.2) is 0 Å². The lowest BCUT2D eigenvalue weighted by Crippen LogP contribution is -2.36. The van der Waals surface area contributed by atoms with E-state index in [1.165, 1.54) is 7.05 Å². The van der Waals surface area contributed by atoms with E-state index in [1.807, 2.05) is 13.0 Å². The van der Waals surface area contributed by atoms with E-state index < -0.39 is 10.0 Å². The van der Waals surface area contributed by atoms with Gasteiger partial charge in [-0.2, -0.15) is 0 Å². The van der Waals surface area contributed by atoms with Crippen LogP contribution in [0.4, 0.5) is 5.69 Å². The third kappa shape index (κ3) is 2.66. The third-order valence-electron chi connectivity index (χ3n) is 3.10. The predicted octanol–water partition coefficient (Wildman–Crippen LogP) is 1.19. The molecule has 1 aromatic rings. The molecule has 18 heavy (non-hydrogen) atoms. The summed E-state index contributed by atoms with van der Waals surface area (Å²) in [6.07, 6.45) is 0.862. The van der Waals surface area contributed by atoms with E-state index in [0.717, 1.165) is 6.42 Å². The first-order chi connectivity index (χ1) is 8.47. The molecule has 0 amide bonds. The Bertz CT molecular complexity index is 522. The number of hydrogen-bond acceptors (Lipinski definition) is 4. The SMILES string of the molecule is CNS(=O)(=O)c1ccccc1NC1(C)CCOC1. The lowest BCUT2D eigenvalue weighted by Gasteiger charge is -2.26. The molecule has 2 rings (SSSR count). The molecule has 0 spiro atoms. The van der Waals surface area contributed by atoms with E-state index in [4.69, 9.17) is 4.74 Å². The van der Waals surface area contributed by atoms with Gasteiger partial charge in [0.25, 0.3) is 0 Å². The predicted molar refractivity (Wildman–Crippen MR) is 70.2 cm³/mol. The standard InChI is InChI=1S/C12H18N2O3S/c1-12(7-8-17-9-12)14-10-5-3-4-6-11(10)18(15,16)13-2/h3-6,13-14H,7-9H2,1-2H3. The Morgan fingerprint density at radius 1 is 1.33 bits per heavy atom. The molecule has 1 fully saturated rings. The van der Waals surface area contributed by atoms with Gasteiger partial charge in [-0.15, -0.1) is 0 Å². The third-order valence-corrected chi connectivity index (χ3v) is 4.57. The molecule has 6 heteroatoms. The van der Waals surface area contributed by atoms with Gasteiger partial charge >= 0.3 is 0 Å². The van der Waals surface area contributed by atoms with Crippen LogP contribution < -0.4 is 10.0 Å². The molecule has 100 valence electrons. The topological polar surface area (TPSA) is 67.4 Å². The van der Waals surface area contributed by atoms with Gasteiger partial charge < -0.3 is 10.1 Å². The van der Waals surface area contributed by atoms with Crippen molar-refractivity contribution < 1.29 is 13.2 Å². The highest BCUT2D eigenvalue weighted by atomic mass is 32.2. The molecule has 1 unspecified atom stereocenters. The number of nitrogens with one attached hydrogen (secondary N) is 2. The number of anilines is 1. The summed E-state index contributed by atoms with van der Waals surface area (Å²) in [5.41, 5.74) is 0.402. The fourth-order valence-electron chi connectivity index (χ4n) is 2.00. The number of hydrogen-bond donors (Lipinski definition) is 2. The number of ether oxygens (including phenoxy) is 1. The van der Waals surface area contributed by atoms with Crippen LogP contribution in [-0.4, -0.2) is 34.2 Å². The summed E-state index contributed by atoms with van der Waals surface area (Å²) in [4.78, 5) is 0.264. The first-order valence-electron chi connectivity index (χ1n) is 5.85. The van der Waals surface area contributed by atoms with Crippen LogP contribution in [-0.2, 0) is 14.8 Å². The lowest BCUT2D eigenvalue weighted by molar-refractivity contribution is 0.185. The molecule has 1 atom stereocenters. The van der Waals surface area contributed by atoms with Crippen molar-refractivity contribution in [3.05, 3.63) is 24.3 Å². The second-order valence-electron chi connectivity index (χ2n) is 4.69. The maximum atomic E-state index is 11.9. The highest BCUT2D eigenvalue weighted by Crippen LogP contribution is 2.28. The van der Waals surface area contributed by atoms with Crippen molar-refractivity contribution in [2.75, 3.05) is 25.6 Å². The summed E-state index contributed by atoms with van der Waals surface area (Å²) in [6.45, 7) is 3.31. The van der Waals surface area contributed by atoms with Crippen molar-refractivity contribution in [2.45, 2.75) is 23.8 Å². The van der Waals surface area contributed by atoms with Gasteiger partial charge in [0.1, 0.15) is 4.90 Å². The van der Waals surface area contributed by atoms with Crippen LogP contribution >= 0.6 is 0 Å². The molecule has 0 bridgehead atoms. The minimum absolute atomic E-state index is 0.209.